The van der Waals surface area contributed by atoms with E-state index in [2.05, 4.69) is 18.7 Å². The van der Waals surface area contributed by atoms with Crippen molar-refractivity contribution in [2.24, 2.45) is 5.73 Å². The summed E-state index contributed by atoms with van der Waals surface area (Å²) in [4.78, 5) is 2.59. The molecule has 0 amide bonds. The molecule has 1 aliphatic carbocycles. The van der Waals surface area contributed by atoms with E-state index in [9.17, 15) is 0 Å². The maximum atomic E-state index is 5.98. The first kappa shape index (κ1) is 10.4. The van der Waals surface area contributed by atoms with Crippen LogP contribution < -0.4 is 5.73 Å². The van der Waals surface area contributed by atoms with Crippen LogP contribution in [0.4, 0.5) is 0 Å². The van der Waals surface area contributed by atoms with E-state index in [1.807, 2.05) is 0 Å². The summed E-state index contributed by atoms with van der Waals surface area (Å²) in [6, 6.07) is 0.785. The van der Waals surface area contributed by atoms with Gasteiger partial charge in [0, 0.05) is 19.2 Å². The molecule has 2 rings (SSSR count). The van der Waals surface area contributed by atoms with Crippen molar-refractivity contribution in [3.63, 3.8) is 0 Å². The van der Waals surface area contributed by atoms with Gasteiger partial charge in [-0.15, -0.1) is 0 Å². The third-order valence-electron chi connectivity index (χ3n) is 3.91. The first-order valence-electron chi connectivity index (χ1n) is 5.83. The second-order valence-electron chi connectivity index (χ2n) is 4.59. The Labute approximate surface area is 86.6 Å². The molecule has 82 valence electrons. The van der Waals surface area contributed by atoms with Crippen molar-refractivity contribution in [3.05, 3.63) is 0 Å². The van der Waals surface area contributed by atoms with Gasteiger partial charge in [-0.1, -0.05) is 6.92 Å². The van der Waals surface area contributed by atoms with E-state index in [4.69, 9.17) is 10.5 Å². The Kier molecular flexibility index (Phi) is 2.82. The van der Waals surface area contributed by atoms with Gasteiger partial charge in [-0.3, -0.25) is 4.90 Å². The molecule has 1 saturated carbocycles. The fourth-order valence-corrected chi connectivity index (χ4v) is 2.86. The molecule has 0 bridgehead atoms. The fraction of sp³-hybridized carbons (Fsp3) is 1.00. The maximum Gasteiger partial charge on any atom is 0.0743 e. The zero-order chi connectivity index (χ0) is 10.2. The second-order valence-corrected chi connectivity index (χ2v) is 4.59. The highest BCUT2D eigenvalue weighted by Gasteiger charge is 2.49. The molecule has 2 aliphatic rings. The first-order valence-corrected chi connectivity index (χ1v) is 5.83. The van der Waals surface area contributed by atoms with Crippen LogP contribution in [-0.4, -0.2) is 42.3 Å². The lowest BCUT2D eigenvalue weighted by Gasteiger charge is -2.42. The molecule has 3 heteroatoms. The van der Waals surface area contributed by atoms with E-state index in [1.165, 1.54) is 12.8 Å². The summed E-state index contributed by atoms with van der Waals surface area (Å²) in [5, 5.41) is 0. The monoisotopic (exact) mass is 198 g/mol. The number of hydrogen-bond acceptors (Lipinski definition) is 3. The normalized spacial score (nSPS) is 38.1. The average Bonchev–Trinajstić information content (AvgIpc) is 2.94. The van der Waals surface area contributed by atoms with E-state index in [0.717, 1.165) is 32.2 Å². The highest BCUT2D eigenvalue weighted by molar-refractivity contribution is 5.04. The van der Waals surface area contributed by atoms with Gasteiger partial charge in [-0.05, 0) is 32.7 Å². The van der Waals surface area contributed by atoms with Crippen molar-refractivity contribution in [2.45, 2.75) is 50.8 Å². The maximum absolute atomic E-state index is 5.98. The fourth-order valence-electron chi connectivity index (χ4n) is 2.86. The molecule has 3 nitrogen and oxygen atoms in total. The van der Waals surface area contributed by atoms with Gasteiger partial charge < -0.3 is 10.5 Å². The molecular formula is C11H22N2O. The minimum atomic E-state index is 0.135. The van der Waals surface area contributed by atoms with Crippen LogP contribution in [0.1, 0.15) is 33.1 Å². The predicted octanol–water partition coefficient (Wildman–Crippen LogP) is 0.977. The molecule has 14 heavy (non-hydrogen) atoms. The second kappa shape index (κ2) is 3.80. The van der Waals surface area contributed by atoms with Gasteiger partial charge in [-0.25, -0.2) is 0 Å². The van der Waals surface area contributed by atoms with Crippen LogP contribution >= 0.6 is 0 Å². The zero-order valence-electron chi connectivity index (χ0n) is 9.33. The van der Waals surface area contributed by atoms with Gasteiger partial charge >= 0.3 is 0 Å². The van der Waals surface area contributed by atoms with Crippen molar-refractivity contribution in [1.82, 2.24) is 4.90 Å². The zero-order valence-corrected chi connectivity index (χ0v) is 9.33. The molecule has 2 N–H and O–H groups in total. The lowest BCUT2D eigenvalue weighted by molar-refractivity contribution is 0.0122. The van der Waals surface area contributed by atoms with E-state index in [1.54, 1.807) is 0 Å². The van der Waals surface area contributed by atoms with E-state index in [0.29, 0.717) is 6.10 Å². The quantitative estimate of drug-likeness (QED) is 0.731. The Balaban J connectivity index is 2.15. The lowest BCUT2D eigenvalue weighted by Crippen LogP contribution is -2.58. The molecule has 0 aromatic rings. The number of nitrogens with two attached hydrogens (primary N) is 1. The van der Waals surface area contributed by atoms with Gasteiger partial charge in [0.2, 0.25) is 0 Å². The van der Waals surface area contributed by atoms with Crippen molar-refractivity contribution in [2.75, 3.05) is 19.7 Å². The van der Waals surface area contributed by atoms with Gasteiger partial charge in [0.15, 0.2) is 0 Å². The molecule has 2 fully saturated rings. The van der Waals surface area contributed by atoms with Crippen molar-refractivity contribution in [1.29, 1.82) is 0 Å². The molecule has 2 atom stereocenters. The summed E-state index contributed by atoms with van der Waals surface area (Å²) in [7, 11) is 0. The molecule has 0 radical (unpaired) electrons. The number of hydrogen-bond donors (Lipinski definition) is 1. The van der Waals surface area contributed by atoms with Crippen LogP contribution in [-0.2, 0) is 4.74 Å². The summed E-state index contributed by atoms with van der Waals surface area (Å²) < 4.78 is 5.70. The molecular weight excluding hydrogens is 176 g/mol. The third kappa shape index (κ3) is 1.47. The molecule has 1 saturated heterocycles. The molecule has 0 aromatic carbocycles. The molecule has 2 unspecified atom stereocenters. The predicted molar refractivity (Wildman–Crippen MR) is 57.2 cm³/mol. The number of ether oxygens (including phenoxy) is 1. The van der Waals surface area contributed by atoms with Gasteiger partial charge in [0.05, 0.1) is 11.6 Å². The van der Waals surface area contributed by atoms with Gasteiger partial charge in [0.25, 0.3) is 0 Å². The number of likely N-dealkylation sites (N-methyl/N-ethyl adjacent to an activating group) is 1. The number of rotatable bonds is 4. The van der Waals surface area contributed by atoms with Crippen LogP contribution in [0.25, 0.3) is 0 Å². The summed E-state index contributed by atoms with van der Waals surface area (Å²) in [5.41, 5.74) is 6.11. The highest BCUT2D eigenvalue weighted by atomic mass is 16.5. The Bertz CT molecular complexity index is 205. The van der Waals surface area contributed by atoms with E-state index < -0.39 is 0 Å². The summed E-state index contributed by atoms with van der Waals surface area (Å²) in [6.45, 7) is 7.13. The Morgan fingerprint density at radius 2 is 2.21 bits per heavy atom. The SMILES string of the molecule is CCN(C1CC1)C1(CN)CCOC1C. The topological polar surface area (TPSA) is 38.5 Å². The average molecular weight is 198 g/mol. The highest BCUT2D eigenvalue weighted by Crippen LogP contribution is 2.39. The van der Waals surface area contributed by atoms with Gasteiger partial charge in [0.1, 0.15) is 0 Å². The number of nitrogens with zero attached hydrogens (tertiary/aromatic N) is 1. The van der Waals surface area contributed by atoms with E-state index in [-0.39, 0.29) is 5.54 Å². The Hall–Kier alpha value is -0.120. The lowest BCUT2D eigenvalue weighted by atomic mass is 9.89. The van der Waals surface area contributed by atoms with E-state index >= 15 is 0 Å². The van der Waals surface area contributed by atoms with Crippen LogP contribution in [0.5, 0.6) is 0 Å². The molecule has 1 heterocycles. The minimum absolute atomic E-state index is 0.135. The van der Waals surface area contributed by atoms with Crippen LogP contribution in [0.2, 0.25) is 0 Å². The minimum Gasteiger partial charge on any atom is -0.376 e. The third-order valence-corrected chi connectivity index (χ3v) is 3.91. The summed E-state index contributed by atoms with van der Waals surface area (Å²) >= 11 is 0. The van der Waals surface area contributed by atoms with Crippen LogP contribution in [0, 0.1) is 0 Å². The Morgan fingerprint density at radius 1 is 1.50 bits per heavy atom. The molecule has 0 spiro atoms. The molecule has 1 aliphatic heterocycles. The van der Waals surface area contributed by atoms with Crippen LogP contribution in [0.15, 0.2) is 0 Å². The van der Waals surface area contributed by atoms with Crippen molar-refractivity contribution < 1.29 is 4.74 Å². The van der Waals surface area contributed by atoms with Gasteiger partial charge in [-0.2, -0.15) is 0 Å². The van der Waals surface area contributed by atoms with Crippen molar-refractivity contribution in [3.8, 4) is 0 Å². The smallest absolute Gasteiger partial charge is 0.0743 e. The summed E-state index contributed by atoms with van der Waals surface area (Å²) in [6.07, 6.45) is 4.10. The largest absolute Gasteiger partial charge is 0.376 e. The Morgan fingerprint density at radius 3 is 2.57 bits per heavy atom. The van der Waals surface area contributed by atoms with Crippen LogP contribution in [0.3, 0.4) is 0 Å². The molecule has 0 aromatic heterocycles. The van der Waals surface area contributed by atoms with Crippen molar-refractivity contribution >= 4 is 0 Å². The standard InChI is InChI=1S/C11H22N2O/c1-3-13(10-4-5-10)11(8-12)6-7-14-9(11)2/h9-10H,3-8,12H2,1-2H3. The first-order chi connectivity index (χ1) is 6.74. The summed E-state index contributed by atoms with van der Waals surface area (Å²) in [5.74, 6) is 0.